The van der Waals surface area contributed by atoms with Crippen molar-refractivity contribution in [3.8, 4) is 5.75 Å². The first-order valence-corrected chi connectivity index (χ1v) is 9.50. The van der Waals surface area contributed by atoms with Crippen LogP contribution in [0.5, 0.6) is 5.75 Å². The predicted octanol–water partition coefficient (Wildman–Crippen LogP) is 4.40. The summed E-state index contributed by atoms with van der Waals surface area (Å²) in [5, 5.41) is 2.69. The van der Waals surface area contributed by atoms with Gasteiger partial charge in [-0.25, -0.2) is 9.18 Å². The molecule has 0 radical (unpaired) electrons. The molecule has 0 heterocycles. The van der Waals surface area contributed by atoms with Crippen LogP contribution < -0.4 is 10.1 Å². The summed E-state index contributed by atoms with van der Waals surface area (Å²) in [5.74, 6) is 0.495. The second-order valence-corrected chi connectivity index (χ2v) is 6.89. The fourth-order valence-electron chi connectivity index (χ4n) is 3.02. The van der Waals surface area contributed by atoms with E-state index in [-0.39, 0.29) is 23.9 Å². The van der Waals surface area contributed by atoms with Gasteiger partial charge in [-0.05, 0) is 43.2 Å². The average molecular weight is 367 g/mol. The lowest BCUT2D eigenvalue weighted by Crippen LogP contribution is -2.32. The minimum atomic E-state index is -0.377. The SMILES string of the molecule is CC(C)c1ccc(F)cc1OCCOCCNC(=O)OC1CCCCC1. The number of carbonyl (C=O) groups excluding carboxylic acids is 1. The highest BCUT2D eigenvalue weighted by molar-refractivity contribution is 5.67. The third-order valence-electron chi connectivity index (χ3n) is 4.42. The van der Waals surface area contributed by atoms with E-state index < -0.39 is 0 Å². The van der Waals surface area contributed by atoms with E-state index in [1.54, 1.807) is 6.07 Å². The molecule has 1 aliphatic carbocycles. The van der Waals surface area contributed by atoms with E-state index in [0.717, 1.165) is 31.2 Å². The van der Waals surface area contributed by atoms with Gasteiger partial charge < -0.3 is 19.5 Å². The molecule has 26 heavy (non-hydrogen) atoms. The van der Waals surface area contributed by atoms with Crippen molar-refractivity contribution in [3.63, 3.8) is 0 Å². The summed E-state index contributed by atoms with van der Waals surface area (Å²) >= 11 is 0. The molecule has 1 aromatic rings. The van der Waals surface area contributed by atoms with E-state index in [1.807, 2.05) is 13.8 Å². The van der Waals surface area contributed by atoms with Crippen LogP contribution in [0.1, 0.15) is 57.4 Å². The third-order valence-corrected chi connectivity index (χ3v) is 4.42. The summed E-state index contributed by atoms with van der Waals surface area (Å²) in [6, 6.07) is 4.59. The van der Waals surface area contributed by atoms with Crippen LogP contribution in [0.25, 0.3) is 0 Å². The molecule has 1 aromatic carbocycles. The Labute approximate surface area is 155 Å². The van der Waals surface area contributed by atoms with E-state index in [0.29, 0.717) is 32.1 Å². The van der Waals surface area contributed by atoms with Crippen molar-refractivity contribution in [2.45, 2.75) is 58.0 Å². The maximum atomic E-state index is 13.4. The fourth-order valence-corrected chi connectivity index (χ4v) is 3.02. The first-order valence-electron chi connectivity index (χ1n) is 9.50. The molecule has 1 aliphatic rings. The Morgan fingerprint density at radius 2 is 1.96 bits per heavy atom. The van der Waals surface area contributed by atoms with Gasteiger partial charge in [0.15, 0.2) is 0 Å². The highest BCUT2D eigenvalue weighted by Crippen LogP contribution is 2.27. The molecular formula is C20H30FNO4. The van der Waals surface area contributed by atoms with Crippen LogP contribution >= 0.6 is 0 Å². The molecule has 0 spiro atoms. The van der Waals surface area contributed by atoms with Crippen LogP contribution in [0.3, 0.4) is 0 Å². The molecule has 146 valence electrons. The zero-order valence-electron chi connectivity index (χ0n) is 15.8. The van der Waals surface area contributed by atoms with Crippen LogP contribution in [-0.2, 0) is 9.47 Å². The number of amides is 1. The molecule has 2 rings (SSSR count). The average Bonchev–Trinajstić information content (AvgIpc) is 2.61. The Morgan fingerprint density at radius 3 is 2.69 bits per heavy atom. The van der Waals surface area contributed by atoms with Crippen LogP contribution in [0.4, 0.5) is 9.18 Å². The maximum absolute atomic E-state index is 13.4. The molecule has 6 heteroatoms. The molecule has 0 atom stereocenters. The number of ether oxygens (including phenoxy) is 3. The van der Waals surface area contributed by atoms with Gasteiger partial charge in [-0.2, -0.15) is 0 Å². The fraction of sp³-hybridized carbons (Fsp3) is 0.650. The van der Waals surface area contributed by atoms with Crippen LogP contribution in [0, 0.1) is 5.82 Å². The Kier molecular flexibility index (Phi) is 8.68. The molecule has 5 nitrogen and oxygen atoms in total. The van der Waals surface area contributed by atoms with Crippen LogP contribution in [0.2, 0.25) is 0 Å². The summed E-state index contributed by atoms with van der Waals surface area (Å²) in [6.07, 6.45) is 5.08. The molecular weight excluding hydrogens is 337 g/mol. The van der Waals surface area contributed by atoms with E-state index in [1.165, 1.54) is 18.6 Å². The highest BCUT2D eigenvalue weighted by atomic mass is 19.1. The highest BCUT2D eigenvalue weighted by Gasteiger charge is 2.17. The lowest BCUT2D eigenvalue weighted by Gasteiger charge is -2.21. The van der Waals surface area contributed by atoms with Gasteiger partial charge in [0.1, 0.15) is 24.3 Å². The first-order chi connectivity index (χ1) is 12.6. The van der Waals surface area contributed by atoms with Crippen LogP contribution in [0.15, 0.2) is 18.2 Å². The van der Waals surface area contributed by atoms with Crippen molar-refractivity contribution in [1.82, 2.24) is 5.32 Å². The van der Waals surface area contributed by atoms with Crippen molar-refractivity contribution < 1.29 is 23.4 Å². The molecule has 1 saturated carbocycles. The molecule has 0 bridgehead atoms. The minimum Gasteiger partial charge on any atom is -0.491 e. The Balaban J connectivity index is 1.55. The van der Waals surface area contributed by atoms with Gasteiger partial charge >= 0.3 is 6.09 Å². The lowest BCUT2D eigenvalue weighted by atomic mass is 9.98. The second kappa shape index (κ2) is 11.0. The van der Waals surface area contributed by atoms with Crippen molar-refractivity contribution in [2.75, 3.05) is 26.4 Å². The zero-order valence-corrected chi connectivity index (χ0v) is 15.8. The van der Waals surface area contributed by atoms with Gasteiger partial charge in [0.25, 0.3) is 0 Å². The molecule has 0 unspecified atom stereocenters. The monoisotopic (exact) mass is 367 g/mol. The van der Waals surface area contributed by atoms with Crippen molar-refractivity contribution in [3.05, 3.63) is 29.6 Å². The molecule has 0 saturated heterocycles. The number of benzene rings is 1. The van der Waals surface area contributed by atoms with Gasteiger partial charge in [0.05, 0.1) is 13.2 Å². The molecule has 0 aliphatic heterocycles. The topological polar surface area (TPSA) is 56.8 Å². The minimum absolute atomic E-state index is 0.0551. The number of rotatable bonds is 9. The largest absolute Gasteiger partial charge is 0.491 e. The number of hydrogen-bond donors (Lipinski definition) is 1. The van der Waals surface area contributed by atoms with E-state index in [9.17, 15) is 9.18 Å². The smallest absolute Gasteiger partial charge is 0.407 e. The van der Waals surface area contributed by atoms with E-state index in [2.05, 4.69) is 5.32 Å². The zero-order chi connectivity index (χ0) is 18.8. The van der Waals surface area contributed by atoms with E-state index >= 15 is 0 Å². The Bertz CT molecular complexity index is 559. The number of alkyl carbamates (subject to hydrolysis) is 1. The number of nitrogens with one attached hydrogen (secondary N) is 1. The molecule has 1 N–H and O–H groups in total. The van der Waals surface area contributed by atoms with Gasteiger partial charge in [-0.3, -0.25) is 0 Å². The van der Waals surface area contributed by atoms with Crippen LogP contribution in [-0.4, -0.2) is 38.6 Å². The second-order valence-electron chi connectivity index (χ2n) is 6.89. The molecule has 0 aromatic heterocycles. The maximum Gasteiger partial charge on any atom is 0.407 e. The summed E-state index contributed by atoms with van der Waals surface area (Å²) in [6.45, 7) is 5.54. The van der Waals surface area contributed by atoms with Gasteiger partial charge in [-0.15, -0.1) is 0 Å². The number of hydrogen-bond acceptors (Lipinski definition) is 4. The third kappa shape index (κ3) is 7.20. The summed E-state index contributed by atoms with van der Waals surface area (Å²) in [7, 11) is 0. The van der Waals surface area contributed by atoms with Gasteiger partial charge in [0, 0.05) is 12.6 Å². The predicted molar refractivity (Wildman–Crippen MR) is 98.2 cm³/mol. The Morgan fingerprint density at radius 1 is 1.19 bits per heavy atom. The van der Waals surface area contributed by atoms with E-state index in [4.69, 9.17) is 14.2 Å². The quantitative estimate of drug-likeness (QED) is 0.657. The number of halogens is 1. The van der Waals surface area contributed by atoms with Crippen molar-refractivity contribution >= 4 is 6.09 Å². The molecule has 1 fully saturated rings. The molecule has 1 amide bonds. The number of carbonyl (C=O) groups is 1. The normalized spacial score (nSPS) is 15.1. The standard InChI is InChI=1S/C20H30FNO4/c1-15(2)18-9-8-16(21)14-19(18)25-13-12-24-11-10-22-20(23)26-17-6-4-3-5-7-17/h8-9,14-15,17H,3-7,10-13H2,1-2H3,(H,22,23). The summed E-state index contributed by atoms with van der Waals surface area (Å²) < 4.78 is 29.8. The van der Waals surface area contributed by atoms with Gasteiger partial charge in [0.2, 0.25) is 0 Å². The summed E-state index contributed by atoms with van der Waals surface area (Å²) in [4.78, 5) is 11.7. The van der Waals surface area contributed by atoms with Gasteiger partial charge in [-0.1, -0.05) is 26.3 Å². The first kappa shape index (κ1) is 20.5. The lowest BCUT2D eigenvalue weighted by molar-refractivity contribution is 0.0688. The summed E-state index contributed by atoms with van der Waals surface area (Å²) in [5.41, 5.74) is 0.971. The van der Waals surface area contributed by atoms with Crippen molar-refractivity contribution in [1.29, 1.82) is 0 Å². The Hall–Kier alpha value is -1.82. The van der Waals surface area contributed by atoms with Crippen molar-refractivity contribution in [2.24, 2.45) is 0 Å².